The van der Waals surface area contributed by atoms with Crippen LogP contribution in [0, 0.1) is 40.4 Å². The molecule has 35 heavy (non-hydrogen) atoms. The molecule has 0 aromatic heterocycles. The normalized spacial score (nSPS) is 51.5. The summed E-state index contributed by atoms with van der Waals surface area (Å²) in [6, 6.07) is 0. The molecule has 2 heteroatoms. The first-order chi connectivity index (χ1) is 16.7. The van der Waals surface area contributed by atoms with Gasteiger partial charge in [-0.3, -0.25) is 5.32 Å². The topological polar surface area (TPSA) is 32.3 Å². The van der Waals surface area contributed by atoms with Gasteiger partial charge in [-0.15, -0.1) is 0 Å². The van der Waals surface area contributed by atoms with Crippen LogP contribution in [0.15, 0.2) is 58.7 Å². The minimum Gasteiger partial charge on any atom is -0.396 e. The van der Waals surface area contributed by atoms with Crippen molar-refractivity contribution in [3.8, 4) is 0 Å². The fourth-order valence-electron chi connectivity index (χ4n) is 11.2. The van der Waals surface area contributed by atoms with Crippen LogP contribution in [0.4, 0.5) is 0 Å². The van der Waals surface area contributed by atoms with Gasteiger partial charge in [0.2, 0.25) is 0 Å². The van der Waals surface area contributed by atoms with E-state index >= 15 is 0 Å². The van der Waals surface area contributed by atoms with Crippen LogP contribution in [0.25, 0.3) is 0 Å². The summed E-state index contributed by atoms with van der Waals surface area (Å²) < 4.78 is 0. The summed E-state index contributed by atoms with van der Waals surface area (Å²) in [7, 11) is 0. The highest BCUT2D eigenvalue weighted by atomic mass is 16.3. The lowest BCUT2D eigenvalue weighted by molar-refractivity contribution is -0.0116. The molecular formula is C33H45NO. The molecule has 2 aliphatic heterocycles. The minimum atomic E-state index is -0.00867. The molecule has 0 amide bonds. The molecule has 5 aliphatic carbocycles. The van der Waals surface area contributed by atoms with Crippen molar-refractivity contribution in [1.82, 2.24) is 5.32 Å². The fraction of sp³-hybridized carbons (Fsp3) is 0.697. The van der Waals surface area contributed by atoms with E-state index in [1.54, 1.807) is 16.7 Å². The SMILES string of the molecule is C=C(C)C1CCC2(C)CC(C34C=C5C=CC(CO)C6CCC7CC(CC3)C(C)(N4)C576)=CC(C)=C2C1. The molecule has 0 radical (unpaired) electrons. The Kier molecular flexibility index (Phi) is 4.64. The van der Waals surface area contributed by atoms with Gasteiger partial charge in [-0.25, -0.2) is 0 Å². The van der Waals surface area contributed by atoms with E-state index in [0.29, 0.717) is 29.8 Å². The lowest BCUT2D eigenvalue weighted by Gasteiger charge is -2.64. The molecule has 188 valence electrons. The second-order valence-electron chi connectivity index (χ2n) is 14.2. The molecule has 0 aromatic carbocycles. The van der Waals surface area contributed by atoms with Crippen LogP contribution in [-0.2, 0) is 0 Å². The van der Waals surface area contributed by atoms with Gasteiger partial charge in [0.15, 0.2) is 0 Å². The third-order valence-electron chi connectivity index (χ3n) is 12.7. The summed E-state index contributed by atoms with van der Waals surface area (Å²) in [6.07, 6.45) is 21.7. The quantitative estimate of drug-likeness (QED) is 0.432. The van der Waals surface area contributed by atoms with E-state index in [4.69, 9.17) is 0 Å². The highest BCUT2D eigenvalue weighted by Crippen LogP contribution is 2.74. The lowest BCUT2D eigenvalue weighted by Crippen LogP contribution is -2.73. The zero-order chi connectivity index (χ0) is 24.4. The van der Waals surface area contributed by atoms with Gasteiger partial charge < -0.3 is 5.11 Å². The number of aliphatic hydroxyl groups is 1. The lowest BCUT2D eigenvalue weighted by atomic mass is 9.48. The van der Waals surface area contributed by atoms with Gasteiger partial charge in [0.1, 0.15) is 0 Å². The van der Waals surface area contributed by atoms with Crippen LogP contribution in [-0.4, -0.2) is 22.8 Å². The molecule has 7 rings (SSSR count). The van der Waals surface area contributed by atoms with Crippen molar-refractivity contribution >= 4 is 0 Å². The Balaban J connectivity index is 1.37. The summed E-state index contributed by atoms with van der Waals surface area (Å²) in [6.45, 7) is 14.4. The first kappa shape index (κ1) is 22.8. The maximum Gasteiger partial charge on any atom is 0.0593 e. The molecule has 9 unspecified atom stereocenters. The molecule has 4 fully saturated rings. The number of nitrogens with one attached hydrogen (secondary N) is 1. The largest absolute Gasteiger partial charge is 0.396 e. The van der Waals surface area contributed by atoms with E-state index in [9.17, 15) is 5.11 Å². The van der Waals surface area contributed by atoms with Crippen LogP contribution in [0.2, 0.25) is 0 Å². The first-order valence-corrected chi connectivity index (χ1v) is 14.6. The van der Waals surface area contributed by atoms with E-state index in [2.05, 4.69) is 63.9 Å². The number of rotatable bonds is 3. The molecule has 1 spiro atoms. The van der Waals surface area contributed by atoms with E-state index in [1.807, 2.05) is 0 Å². The van der Waals surface area contributed by atoms with Crippen molar-refractivity contribution in [1.29, 1.82) is 0 Å². The van der Waals surface area contributed by atoms with Gasteiger partial charge in [-0.05, 0) is 119 Å². The number of hydrogen-bond acceptors (Lipinski definition) is 2. The second kappa shape index (κ2) is 7.13. The summed E-state index contributed by atoms with van der Waals surface area (Å²) in [5, 5.41) is 14.8. The Hall–Kier alpha value is -1.38. The predicted octanol–water partition coefficient (Wildman–Crippen LogP) is 7.05. The number of hydrogen-bond donors (Lipinski definition) is 2. The minimum absolute atomic E-state index is 0.00867. The Morgan fingerprint density at radius 2 is 1.97 bits per heavy atom. The van der Waals surface area contributed by atoms with Gasteiger partial charge >= 0.3 is 0 Å². The standard InChI is InChI=1S/C33H45NO/c1-20(2)22-10-12-30(4)17-27(14-21(3)29(30)15-22)32-13-11-24-16-25-8-9-28-23(19-35)6-7-26(18-32)33(25,28)31(24,5)34-32/h6-7,14,18,22-25,28,34-35H,1,8-13,15-17,19H2,2-5H3. The summed E-state index contributed by atoms with van der Waals surface area (Å²) in [5.74, 6) is 3.12. The van der Waals surface area contributed by atoms with Crippen molar-refractivity contribution < 1.29 is 5.11 Å². The molecule has 2 nitrogen and oxygen atoms in total. The molecular weight excluding hydrogens is 426 g/mol. The van der Waals surface area contributed by atoms with E-state index in [0.717, 1.165) is 11.8 Å². The molecule has 7 aliphatic rings. The van der Waals surface area contributed by atoms with Gasteiger partial charge in [0.25, 0.3) is 0 Å². The Morgan fingerprint density at radius 1 is 1.14 bits per heavy atom. The van der Waals surface area contributed by atoms with E-state index in [-0.39, 0.29) is 16.5 Å². The number of aliphatic hydroxyl groups excluding tert-OH is 1. The maximum atomic E-state index is 10.3. The molecule has 2 bridgehead atoms. The number of allylic oxidation sites excluding steroid dienone is 5. The van der Waals surface area contributed by atoms with Crippen LogP contribution in [0.5, 0.6) is 0 Å². The highest BCUT2D eigenvalue weighted by molar-refractivity contribution is 5.54. The van der Waals surface area contributed by atoms with Crippen molar-refractivity contribution in [2.45, 2.75) is 96.6 Å². The van der Waals surface area contributed by atoms with Crippen LogP contribution < -0.4 is 5.32 Å². The monoisotopic (exact) mass is 471 g/mol. The van der Waals surface area contributed by atoms with Crippen LogP contribution >= 0.6 is 0 Å². The number of piperidine rings is 1. The maximum absolute atomic E-state index is 10.3. The Labute approximate surface area is 212 Å². The van der Waals surface area contributed by atoms with Crippen LogP contribution in [0.3, 0.4) is 0 Å². The van der Waals surface area contributed by atoms with Gasteiger partial charge in [-0.2, -0.15) is 0 Å². The average Bonchev–Trinajstić information content (AvgIpc) is 3.34. The van der Waals surface area contributed by atoms with E-state index in [1.165, 1.54) is 68.9 Å². The molecule has 2 N–H and O–H groups in total. The van der Waals surface area contributed by atoms with Crippen molar-refractivity contribution in [3.05, 3.63) is 58.7 Å². The van der Waals surface area contributed by atoms with Gasteiger partial charge in [0.05, 0.1) is 5.54 Å². The van der Waals surface area contributed by atoms with Crippen LogP contribution in [0.1, 0.15) is 85.5 Å². The Morgan fingerprint density at radius 3 is 2.74 bits per heavy atom. The molecule has 9 atom stereocenters. The zero-order valence-corrected chi connectivity index (χ0v) is 22.4. The van der Waals surface area contributed by atoms with Gasteiger partial charge in [0, 0.05) is 23.5 Å². The van der Waals surface area contributed by atoms with E-state index < -0.39 is 0 Å². The highest BCUT2D eigenvalue weighted by Gasteiger charge is 2.74. The fourth-order valence-corrected chi connectivity index (χ4v) is 11.2. The summed E-state index contributed by atoms with van der Waals surface area (Å²) in [5.41, 5.74) is 8.51. The van der Waals surface area contributed by atoms with Crippen molar-refractivity contribution in [2.75, 3.05) is 6.61 Å². The third-order valence-corrected chi connectivity index (χ3v) is 12.7. The molecule has 3 saturated carbocycles. The first-order valence-electron chi connectivity index (χ1n) is 14.6. The zero-order valence-electron chi connectivity index (χ0n) is 22.4. The molecule has 1 saturated heterocycles. The second-order valence-corrected chi connectivity index (χ2v) is 14.2. The number of fused-ring (bicyclic) bond motifs is 2. The smallest absolute Gasteiger partial charge is 0.0593 e. The van der Waals surface area contributed by atoms with Crippen molar-refractivity contribution in [3.63, 3.8) is 0 Å². The molecule has 0 aromatic rings. The average molecular weight is 472 g/mol. The third kappa shape index (κ3) is 2.64. The predicted molar refractivity (Wildman–Crippen MR) is 144 cm³/mol. The summed E-state index contributed by atoms with van der Waals surface area (Å²) >= 11 is 0. The summed E-state index contributed by atoms with van der Waals surface area (Å²) in [4.78, 5) is 0. The van der Waals surface area contributed by atoms with Gasteiger partial charge in [-0.1, -0.05) is 54.5 Å². The van der Waals surface area contributed by atoms with Crippen molar-refractivity contribution in [2.24, 2.45) is 40.4 Å². The Bertz CT molecular complexity index is 1120. The molecule has 2 heterocycles.